The predicted molar refractivity (Wildman–Crippen MR) is 125 cm³/mol. The number of hydrogen-bond acceptors (Lipinski definition) is 3. The normalized spacial score (nSPS) is 21.5. The maximum Gasteiger partial charge on any atom is 0.410 e. The van der Waals surface area contributed by atoms with Crippen LogP contribution in [-0.2, 0) is 11.3 Å². The zero-order chi connectivity index (χ0) is 22.8. The molecule has 172 valence electrons. The van der Waals surface area contributed by atoms with Gasteiger partial charge in [0.25, 0.3) is 0 Å². The second-order valence-corrected chi connectivity index (χ2v) is 10.5. The first-order valence-electron chi connectivity index (χ1n) is 11.8. The van der Waals surface area contributed by atoms with Gasteiger partial charge in [-0.05, 0) is 51.7 Å². The molecule has 2 aliphatic rings. The molecule has 0 spiro atoms. The van der Waals surface area contributed by atoms with Gasteiger partial charge >= 0.3 is 6.09 Å². The van der Waals surface area contributed by atoms with Gasteiger partial charge in [-0.1, -0.05) is 55.0 Å². The molecule has 2 saturated carbocycles. The van der Waals surface area contributed by atoms with E-state index in [1.807, 2.05) is 43.9 Å². The van der Waals surface area contributed by atoms with Crippen LogP contribution in [0.5, 0.6) is 0 Å². The average Bonchev–Trinajstić information content (AvgIpc) is 3.50. The summed E-state index contributed by atoms with van der Waals surface area (Å²) >= 11 is 0. The Hall–Kier alpha value is -2.40. The fourth-order valence-corrected chi connectivity index (χ4v) is 4.76. The molecule has 0 radical (unpaired) electrons. The molecule has 2 fully saturated rings. The minimum Gasteiger partial charge on any atom is -0.444 e. The third-order valence-corrected chi connectivity index (χ3v) is 6.71. The van der Waals surface area contributed by atoms with Gasteiger partial charge < -0.3 is 15.0 Å². The number of ether oxygens (including phenoxy) is 1. The van der Waals surface area contributed by atoms with Gasteiger partial charge in [0.05, 0.1) is 0 Å². The highest BCUT2D eigenvalue weighted by Gasteiger charge is 2.49. The first-order chi connectivity index (χ1) is 15.3. The van der Waals surface area contributed by atoms with E-state index in [1.165, 1.54) is 11.6 Å². The van der Waals surface area contributed by atoms with Crippen molar-refractivity contribution in [3.05, 3.63) is 71.5 Å². The van der Waals surface area contributed by atoms with Crippen molar-refractivity contribution in [3.8, 4) is 0 Å². The fraction of sp³-hybridized carbons (Fsp3) is 0.519. The van der Waals surface area contributed by atoms with Crippen LogP contribution in [0, 0.1) is 11.2 Å². The number of hydrogen-bond donors (Lipinski definition) is 1. The van der Waals surface area contributed by atoms with Crippen molar-refractivity contribution in [2.24, 2.45) is 5.41 Å². The van der Waals surface area contributed by atoms with Crippen molar-refractivity contribution in [1.29, 1.82) is 0 Å². The fourth-order valence-electron chi connectivity index (χ4n) is 4.76. The molecule has 0 aliphatic heterocycles. The largest absolute Gasteiger partial charge is 0.444 e. The molecule has 1 N–H and O–H groups in total. The molecule has 5 heteroatoms. The highest BCUT2D eigenvalue weighted by Crippen LogP contribution is 2.48. The molecule has 0 saturated heterocycles. The van der Waals surface area contributed by atoms with E-state index in [2.05, 4.69) is 29.6 Å². The van der Waals surface area contributed by atoms with Crippen LogP contribution in [0.15, 0.2) is 54.6 Å². The Balaban J connectivity index is 1.44. The Morgan fingerprint density at radius 1 is 1.12 bits per heavy atom. The topological polar surface area (TPSA) is 41.6 Å². The standard InChI is InChI=1S/C27H35FN2O2/c1-26(2,3)32-25(31)30(24-16-22(24)20-10-5-4-6-11-20)19-27(14-9-15-27)18-29-17-21-12-7-8-13-23(21)28/h4-8,10-13,22,24,29H,9,14-19H2,1-3H3/t22-,24+/m1/s1. The molecular formula is C27H35FN2O2. The highest BCUT2D eigenvalue weighted by molar-refractivity contribution is 5.69. The molecule has 32 heavy (non-hydrogen) atoms. The smallest absolute Gasteiger partial charge is 0.410 e. The van der Waals surface area contributed by atoms with Crippen LogP contribution in [0.3, 0.4) is 0 Å². The van der Waals surface area contributed by atoms with Crippen molar-refractivity contribution in [2.75, 3.05) is 13.1 Å². The van der Waals surface area contributed by atoms with E-state index in [9.17, 15) is 9.18 Å². The summed E-state index contributed by atoms with van der Waals surface area (Å²) in [7, 11) is 0. The Morgan fingerprint density at radius 2 is 1.81 bits per heavy atom. The lowest BCUT2D eigenvalue weighted by molar-refractivity contribution is 0.00104. The molecular weight excluding hydrogens is 403 g/mol. The van der Waals surface area contributed by atoms with Crippen molar-refractivity contribution in [3.63, 3.8) is 0 Å². The molecule has 0 heterocycles. The van der Waals surface area contributed by atoms with E-state index in [0.29, 0.717) is 24.6 Å². The Kier molecular flexibility index (Phi) is 6.57. The molecule has 0 aromatic heterocycles. The Morgan fingerprint density at radius 3 is 2.44 bits per heavy atom. The zero-order valence-corrected chi connectivity index (χ0v) is 19.4. The summed E-state index contributed by atoms with van der Waals surface area (Å²) in [5.41, 5.74) is 1.46. The highest BCUT2D eigenvalue weighted by atomic mass is 19.1. The van der Waals surface area contributed by atoms with Crippen LogP contribution in [0.1, 0.15) is 63.5 Å². The van der Waals surface area contributed by atoms with E-state index in [0.717, 1.165) is 32.2 Å². The van der Waals surface area contributed by atoms with Gasteiger partial charge in [0.15, 0.2) is 0 Å². The van der Waals surface area contributed by atoms with Crippen LogP contribution < -0.4 is 5.32 Å². The van der Waals surface area contributed by atoms with Crippen LogP contribution in [-0.4, -0.2) is 35.7 Å². The lowest BCUT2D eigenvalue weighted by Gasteiger charge is -2.45. The number of carbonyl (C=O) groups excluding carboxylic acids is 1. The van der Waals surface area contributed by atoms with Gasteiger partial charge in [-0.2, -0.15) is 0 Å². The summed E-state index contributed by atoms with van der Waals surface area (Å²) in [4.78, 5) is 15.2. The van der Waals surface area contributed by atoms with Crippen molar-refractivity contribution < 1.29 is 13.9 Å². The lowest BCUT2D eigenvalue weighted by Crippen LogP contribution is -2.51. The predicted octanol–water partition coefficient (Wildman–Crippen LogP) is 5.88. The Bertz CT molecular complexity index is 921. The quantitative estimate of drug-likeness (QED) is 0.560. The molecule has 2 aromatic carbocycles. The third-order valence-electron chi connectivity index (χ3n) is 6.71. The minimum absolute atomic E-state index is 0.0198. The number of benzene rings is 2. The Labute approximate surface area is 191 Å². The molecule has 2 aromatic rings. The first-order valence-corrected chi connectivity index (χ1v) is 11.8. The molecule has 2 aliphatic carbocycles. The van der Waals surface area contributed by atoms with E-state index in [4.69, 9.17) is 4.74 Å². The van der Waals surface area contributed by atoms with Gasteiger partial charge in [-0.25, -0.2) is 9.18 Å². The third kappa shape index (κ3) is 5.50. The van der Waals surface area contributed by atoms with E-state index in [1.54, 1.807) is 6.07 Å². The van der Waals surface area contributed by atoms with Crippen molar-refractivity contribution in [1.82, 2.24) is 10.2 Å². The molecule has 4 nitrogen and oxygen atoms in total. The number of carbonyl (C=O) groups is 1. The summed E-state index contributed by atoms with van der Waals surface area (Å²) in [6.45, 7) is 7.69. The monoisotopic (exact) mass is 438 g/mol. The average molecular weight is 439 g/mol. The lowest BCUT2D eigenvalue weighted by atomic mass is 9.68. The molecule has 0 unspecified atom stereocenters. The zero-order valence-electron chi connectivity index (χ0n) is 19.4. The van der Waals surface area contributed by atoms with Crippen molar-refractivity contribution in [2.45, 2.75) is 70.6 Å². The summed E-state index contributed by atoms with van der Waals surface area (Å²) in [6, 6.07) is 17.5. The molecule has 1 amide bonds. The van der Waals surface area contributed by atoms with Crippen LogP contribution in [0.2, 0.25) is 0 Å². The summed E-state index contributed by atoms with van der Waals surface area (Å²) in [5.74, 6) is 0.189. The number of rotatable bonds is 8. The summed E-state index contributed by atoms with van der Waals surface area (Å²) in [6.07, 6.45) is 4.05. The second-order valence-electron chi connectivity index (χ2n) is 10.5. The van der Waals surface area contributed by atoms with Gasteiger partial charge in [-0.15, -0.1) is 0 Å². The number of halogens is 1. The second kappa shape index (κ2) is 9.22. The van der Waals surface area contributed by atoms with E-state index in [-0.39, 0.29) is 23.4 Å². The van der Waals surface area contributed by atoms with Crippen molar-refractivity contribution >= 4 is 6.09 Å². The SMILES string of the molecule is CC(C)(C)OC(=O)N(CC1(CNCc2ccccc2F)CCC1)[C@H]1C[C@@H]1c1ccccc1. The van der Waals surface area contributed by atoms with Crippen LogP contribution in [0.4, 0.5) is 9.18 Å². The maximum absolute atomic E-state index is 14.0. The van der Waals surface area contributed by atoms with Gasteiger partial charge in [0.1, 0.15) is 11.4 Å². The first kappa shape index (κ1) is 22.8. The number of nitrogens with zero attached hydrogens (tertiary/aromatic N) is 1. The minimum atomic E-state index is -0.525. The van der Waals surface area contributed by atoms with E-state index < -0.39 is 5.60 Å². The summed E-state index contributed by atoms with van der Waals surface area (Å²) in [5, 5.41) is 3.46. The van der Waals surface area contributed by atoms with E-state index >= 15 is 0 Å². The maximum atomic E-state index is 14.0. The van der Waals surface area contributed by atoms with Crippen LogP contribution >= 0.6 is 0 Å². The summed E-state index contributed by atoms with van der Waals surface area (Å²) < 4.78 is 19.8. The van der Waals surface area contributed by atoms with Gasteiger partial charge in [0, 0.05) is 42.6 Å². The molecule has 0 bridgehead atoms. The number of amides is 1. The van der Waals surface area contributed by atoms with Gasteiger partial charge in [0.2, 0.25) is 0 Å². The van der Waals surface area contributed by atoms with Gasteiger partial charge in [-0.3, -0.25) is 0 Å². The van der Waals surface area contributed by atoms with Crippen LogP contribution in [0.25, 0.3) is 0 Å². The molecule has 2 atom stereocenters. The molecule has 4 rings (SSSR count). The number of nitrogens with one attached hydrogen (secondary N) is 1.